The van der Waals surface area contributed by atoms with E-state index in [1.807, 2.05) is 6.92 Å². The molecule has 3 nitrogen and oxygen atoms in total. The van der Waals surface area contributed by atoms with E-state index in [1.54, 1.807) is 0 Å². The van der Waals surface area contributed by atoms with Crippen LogP contribution < -0.4 is 0 Å². The number of carbonyl (C=O) groups excluding carboxylic acids is 1. The minimum atomic E-state index is -0.356. The highest BCUT2D eigenvalue weighted by molar-refractivity contribution is 5.72. The molecule has 2 aliphatic carbocycles. The molecule has 0 spiro atoms. The van der Waals surface area contributed by atoms with Crippen LogP contribution in [0.15, 0.2) is 12.2 Å². The van der Waals surface area contributed by atoms with Gasteiger partial charge in [-0.25, -0.2) is 0 Å². The van der Waals surface area contributed by atoms with Gasteiger partial charge in [-0.3, -0.25) is 4.79 Å². The van der Waals surface area contributed by atoms with Crippen LogP contribution in [0.2, 0.25) is 0 Å². The van der Waals surface area contributed by atoms with Gasteiger partial charge in [0.15, 0.2) is 0 Å². The van der Waals surface area contributed by atoms with Gasteiger partial charge in [-0.15, -0.1) is 0 Å². The lowest BCUT2D eigenvalue weighted by Gasteiger charge is -2.50. The summed E-state index contributed by atoms with van der Waals surface area (Å²) in [6.07, 6.45) is 4.70. The van der Waals surface area contributed by atoms with Crippen molar-refractivity contribution >= 4 is 5.97 Å². The van der Waals surface area contributed by atoms with Gasteiger partial charge in [-0.05, 0) is 54.9 Å². The second-order valence-corrected chi connectivity index (χ2v) is 6.68. The van der Waals surface area contributed by atoms with E-state index in [1.165, 1.54) is 7.11 Å². The van der Waals surface area contributed by atoms with Crippen LogP contribution in [-0.4, -0.2) is 24.3 Å². The topological polar surface area (TPSA) is 46.5 Å². The Morgan fingerprint density at radius 2 is 2.11 bits per heavy atom. The van der Waals surface area contributed by atoms with Crippen molar-refractivity contribution in [1.82, 2.24) is 0 Å². The Hall–Kier alpha value is -0.830. The van der Waals surface area contributed by atoms with E-state index in [0.717, 1.165) is 37.7 Å². The molecule has 0 unspecified atom stereocenters. The molecule has 0 aliphatic heterocycles. The third-order valence-corrected chi connectivity index (χ3v) is 5.61. The van der Waals surface area contributed by atoms with Crippen LogP contribution in [0.3, 0.4) is 0 Å². The number of ether oxygens (including phenoxy) is 1. The Labute approximate surface area is 116 Å². The summed E-state index contributed by atoms with van der Waals surface area (Å²) in [5.41, 5.74) is 1.25. The van der Waals surface area contributed by atoms with Gasteiger partial charge in [-0.2, -0.15) is 0 Å². The van der Waals surface area contributed by atoms with Gasteiger partial charge in [0.1, 0.15) is 0 Å². The zero-order valence-electron chi connectivity index (χ0n) is 12.3. The third kappa shape index (κ3) is 2.58. The Kier molecular flexibility index (Phi) is 4.05. The monoisotopic (exact) mass is 266 g/mol. The minimum Gasteiger partial charge on any atom is -0.469 e. The van der Waals surface area contributed by atoms with Crippen molar-refractivity contribution in [2.24, 2.45) is 23.2 Å². The average molecular weight is 266 g/mol. The fraction of sp³-hybridized carbons (Fsp3) is 0.812. The normalized spacial score (nSPS) is 40.4. The van der Waals surface area contributed by atoms with Gasteiger partial charge < -0.3 is 9.84 Å². The molecular formula is C16H26O3. The van der Waals surface area contributed by atoms with Gasteiger partial charge in [0, 0.05) is 0 Å². The highest BCUT2D eigenvalue weighted by Gasteiger charge is 2.47. The van der Waals surface area contributed by atoms with E-state index in [2.05, 4.69) is 13.5 Å². The third-order valence-electron chi connectivity index (χ3n) is 5.61. The zero-order valence-corrected chi connectivity index (χ0v) is 12.3. The molecule has 5 atom stereocenters. The van der Waals surface area contributed by atoms with Crippen LogP contribution in [0, 0.1) is 23.2 Å². The van der Waals surface area contributed by atoms with Crippen molar-refractivity contribution in [3.05, 3.63) is 12.2 Å². The number of hydrogen-bond donors (Lipinski definition) is 1. The van der Waals surface area contributed by atoms with E-state index in [-0.39, 0.29) is 23.4 Å². The smallest absolute Gasteiger partial charge is 0.308 e. The van der Waals surface area contributed by atoms with E-state index >= 15 is 0 Å². The van der Waals surface area contributed by atoms with Gasteiger partial charge in [0.05, 0.1) is 19.1 Å². The maximum Gasteiger partial charge on any atom is 0.308 e. The fourth-order valence-corrected chi connectivity index (χ4v) is 4.01. The standard InChI is InChI=1S/C16H26O3/c1-10(15(18)19-4)12-5-7-16(3)8-6-14(17)11(2)13(16)9-12/h10,12-14,17H,2,5-9H2,1,3-4H3/t10-,12-,13+,14+,16+/m1/s1. The first-order valence-electron chi connectivity index (χ1n) is 7.33. The lowest BCUT2D eigenvalue weighted by atomic mass is 9.55. The van der Waals surface area contributed by atoms with E-state index in [4.69, 9.17) is 4.74 Å². The van der Waals surface area contributed by atoms with Crippen LogP contribution >= 0.6 is 0 Å². The van der Waals surface area contributed by atoms with Crippen LogP contribution in [0.25, 0.3) is 0 Å². The Balaban J connectivity index is 2.12. The van der Waals surface area contributed by atoms with Gasteiger partial charge in [0.2, 0.25) is 0 Å². The van der Waals surface area contributed by atoms with Crippen molar-refractivity contribution in [3.63, 3.8) is 0 Å². The first-order chi connectivity index (χ1) is 8.89. The first kappa shape index (κ1) is 14.6. The summed E-state index contributed by atoms with van der Waals surface area (Å²) in [5, 5.41) is 10.0. The Morgan fingerprint density at radius 3 is 2.74 bits per heavy atom. The van der Waals surface area contributed by atoms with Crippen molar-refractivity contribution in [1.29, 1.82) is 0 Å². The van der Waals surface area contributed by atoms with Gasteiger partial charge in [0.25, 0.3) is 0 Å². The molecule has 0 aromatic carbocycles. The molecule has 0 bridgehead atoms. The lowest BCUT2D eigenvalue weighted by Crippen LogP contribution is -2.44. The molecule has 3 heteroatoms. The Morgan fingerprint density at radius 1 is 1.47 bits per heavy atom. The van der Waals surface area contributed by atoms with Crippen molar-refractivity contribution in [2.45, 2.75) is 52.1 Å². The van der Waals surface area contributed by atoms with E-state index in [9.17, 15) is 9.90 Å². The minimum absolute atomic E-state index is 0.0542. The number of fused-ring (bicyclic) bond motifs is 1. The molecule has 1 N–H and O–H groups in total. The summed E-state index contributed by atoms with van der Waals surface area (Å²) >= 11 is 0. The number of esters is 1. The van der Waals surface area contributed by atoms with Crippen molar-refractivity contribution in [3.8, 4) is 0 Å². The van der Waals surface area contributed by atoms with Crippen molar-refractivity contribution in [2.75, 3.05) is 7.11 Å². The fourth-order valence-electron chi connectivity index (χ4n) is 4.01. The summed E-state index contributed by atoms with van der Waals surface area (Å²) in [6, 6.07) is 0. The summed E-state index contributed by atoms with van der Waals surface area (Å²) in [5.74, 6) is 0.534. The molecule has 0 aromatic heterocycles. The number of aliphatic hydroxyl groups excluding tert-OH is 1. The molecule has 2 fully saturated rings. The van der Waals surface area contributed by atoms with Gasteiger partial charge in [-0.1, -0.05) is 20.4 Å². The number of rotatable bonds is 2. The number of hydrogen-bond acceptors (Lipinski definition) is 3. The Bertz CT molecular complexity index is 376. The quantitative estimate of drug-likeness (QED) is 0.617. The zero-order chi connectivity index (χ0) is 14.2. The highest BCUT2D eigenvalue weighted by atomic mass is 16.5. The molecule has 0 saturated heterocycles. The van der Waals surface area contributed by atoms with E-state index < -0.39 is 0 Å². The highest BCUT2D eigenvalue weighted by Crippen LogP contribution is 2.54. The largest absolute Gasteiger partial charge is 0.469 e. The molecule has 2 rings (SSSR count). The van der Waals surface area contributed by atoms with E-state index in [0.29, 0.717) is 11.8 Å². The average Bonchev–Trinajstić information content (AvgIpc) is 2.41. The van der Waals surface area contributed by atoms with Crippen LogP contribution in [0.1, 0.15) is 46.0 Å². The number of carbonyl (C=O) groups is 1. The molecule has 0 radical (unpaired) electrons. The van der Waals surface area contributed by atoms with Crippen LogP contribution in [0.4, 0.5) is 0 Å². The SMILES string of the molecule is C=C1[C@@H](O)CC[C@]2(C)CC[C@@H]([C@@H](C)C(=O)OC)C[C@@H]12. The molecule has 0 heterocycles. The molecule has 2 saturated carbocycles. The summed E-state index contributed by atoms with van der Waals surface area (Å²) in [6.45, 7) is 8.39. The molecule has 2 aliphatic rings. The molecule has 19 heavy (non-hydrogen) atoms. The molecule has 108 valence electrons. The van der Waals surface area contributed by atoms with Gasteiger partial charge >= 0.3 is 5.97 Å². The molecule has 0 amide bonds. The maximum absolute atomic E-state index is 11.7. The van der Waals surface area contributed by atoms with Crippen LogP contribution in [0.5, 0.6) is 0 Å². The predicted octanol–water partition coefficient (Wildman–Crippen LogP) is 2.93. The summed E-state index contributed by atoms with van der Waals surface area (Å²) in [4.78, 5) is 11.7. The number of methoxy groups -OCH3 is 1. The first-order valence-corrected chi connectivity index (χ1v) is 7.33. The number of aliphatic hydroxyl groups is 1. The second-order valence-electron chi connectivity index (χ2n) is 6.68. The molecular weight excluding hydrogens is 240 g/mol. The maximum atomic E-state index is 11.7. The predicted molar refractivity (Wildman–Crippen MR) is 74.5 cm³/mol. The summed E-state index contributed by atoms with van der Waals surface area (Å²) < 4.78 is 4.86. The molecule has 0 aromatic rings. The van der Waals surface area contributed by atoms with Crippen LogP contribution in [-0.2, 0) is 9.53 Å². The lowest BCUT2D eigenvalue weighted by molar-refractivity contribution is -0.148. The summed E-state index contributed by atoms with van der Waals surface area (Å²) in [7, 11) is 1.45. The van der Waals surface area contributed by atoms with Crippen molar-refractivity contribution < 1.29 is 14.6 Å². The second kappa shape index (κ2) is 5.28.